The second-order valence-electron chi connectivity index (χ2n) is 4.43. The monoisotopic (exact) mass is 256 g/mol. The number of hydrogen-bond acceptors (Lipinski definition) is 1. The van der Waals surface area contributed by atoms with Gasteiger partial charge in [-0.05, 0) is 44.9 Å². The molecule has 0 aliphatic rings. The van der Waals surface area contributed by atoms with Gasteiger partial charge in [0.05, 0.1) is 12.2 Å². The molecule has 0 bridgehead atoms. The van der Waals surface area contributed by atoms with E-state index in [1.54, 1.807) is 0 Å². The van der Waals surface area contributed by atoms with Crippen molar-refractivity contribution in [3.05, 3.63) is 33.8 Å². The maximum atomic E-state index is 5.73. The van der Waals surface area contributed by atoms with Crippen LogP contribution in [0.4, 0.5) is 0 Å². The molecule has 0 unspecified atom stereocenters. The normalized spacial score (nSPS) is 11.8. The van der Waals surface area contributed by atoms with Gasteiger partial charge in [0.2, 0.25) is 0 Å². The summed E-state index contributed by atoms with van der Waals surface area (Å²) in [5.41, 5.74) is 2.43. The standard InChI is InChI=1S/C12H17BrO/c1-9-10(6-5-7-11(9)13)8-14-12(2,3)4/h5-7H,8H2,1-4H3. The van der Waals surface area contributed by atoms with Gasteiger partial charge in [0.25, 0.3) is 0 Å². The van der Waals surface area contributed by atoms with Crippen molar-refractivity contribution in [2.24, 2.45) is 0 Å². The maximum absolute atomic E-state index is 5.73. The molecule has 0 aliphatic heterocycles. The van der Waals surface area contributed by atoms with Gasteiger partial charge in [0.1, 0.15) is 0 Å². The zero-order valence-electron chi connectivity index (χ0n) is 9.23. The molecule has 2 heteroatoms. The van der Waals surface area contributed by atoms with Crippen LogP contribution < -0.4 is 0 Å². The second kappa shape index (κ2) is 4.45. The van der Waals surface area contributed by atoms with Gasteiger partial charge in [-0.1, -0.05) is 28.1 Å². The first-order valence-electron chi connectivity index (χ1n) is 4.78. The van der Waals surface area contributed by atoms with E-state index in [1.807, 2.05) is 6.07 Å². The summed E-state index contributed by atoms with van der Waals surface area (Å²) >= 11 is 3.51. The number of halogens is 1. The largest absolute Gasteiger partial charge is 0.371 e. The van der Waals surface area contributed by atoms with Gasteiger partial charge >= 0.3 is 0 Å². The molecule has 0 aromatic heterocycles. The summed E-state index contributed by atoms with van der Waals surface area (Å²) in [7, 11) is 0. The van der Waals surface area contributed by atoms with Crippen LogP contribution in [0.25, 0.3) is 0 Å². The molecule has 0 N–H and O–H groups in total. The molecule has 0 radical (unpaired) electrons. The van der Waals surface area contributed by atoms with Crippen LogP contribution in [0.15, 0.2) is 22.7 Å². The molecular formula is C12H17BrO. The Labute approximate surface area is 94.6 Å². The number of benzene rings is 1. The predicted molar refractivity (Wildman–Crippen MR) is 63.4 cm³/mol. The molecule has 0 atom stereocenters. The summed E-state index contributed by atoms with van der Waals surface area (Å²) < 4.78 is 6.88. The first kappa shape index (κ1) is 11.7. The van der Waals surface area contributed by atoms with Gasteiger partial charge in [-0.2, -0.15) is 0 Å². The highest BCUT2D eigenvalue weighted by molar-refractivity contribution is 9.10. The van der Waals surface area contributed by atoms with Crippen molar-refractivity contribution in [3.8, 4) is 0 Å². The molecule has 0 heterocycles. The Balaban J connectivity index is 2.73. The average Bonchev–Trinajstić information content (AvgIpc) is 2.06. The van der Waals surface area contributed by atoms with Gasteiger partial charge in [0.15, 0.2) is 0 Å². The van der Waals surface area contributed by atoms with E-state index in [2.05, 4.69) is 55.8 Å². The Kier molecular flexibility index (Phi) is 3.73. The summed E-state index contributed by atoms with van der Waals surface area (Å²) in [5.74, 6) is 0. The first-order valence-corrected chi connectivity index (χ1v) is 5.57. The number of rotatable bonds is 2. The SMILES string of the molecule is Cc1c(Br)cccc1COC(C)(C)C. The quantitative estimate of drug-likeness (QED) is 0.775. The van der Waals surface area contributed by atoms with Crippen molar-refractivity contribution < 1.29 is 4.74 Å². The highest BCUT2D eigenvalue weighted by atomic mass is 79.9. The van der Waals surface area contributed by atoms with Crippen molar-refractivity contribution in [1.29, 1.82) is 0 Å². The van der Waals surface area contributed by atoms with Gasteiger partial charge < -0.3 is 4.74 Å². The lowest BCUT2D eigenvalue weighted by Crippen LogP contribution is -2.19. The van der Waals surface area contributed by atoms with Crippen molar-refractivity contribution in [2.45, 2.75) is 39.9 Å². The van der Waals surface area contributed by atoms with Crippen LogP contribution >= 0.6 is 15.9 Å². The fourth-order valence-corrected chi connectivity index (χ4v) is 1.51. The average molecular weight is 257 g/mol. The molecule has 0 fully saturated rings. The third kappa shape index (κ3) is 3.43. The fourth-order valence-electron chi connectivity index (χ4n) is 1.10. The van der Waals surface area contributed by atoms with Crippen LogP contribution in [0, 0.1) is 6.92 Å². The smallest absolute Gasteiger partial charge is 0.0726 e. The predicted octanol–water partition coefficient (Wildman–Crippen LogP) is 4.07. The molecule has 1 nitrogen and oxygen atoms in total. The summed E-state index contributed by atoms with van der Waals surface area (Å²) in [6.45, 7) is 8.99. The van der Waals surface area contributed by atoms with Crippen LogP contribution in [-0.2, 0) is 11.3 Å². The Bertz CT molecular complexity index is 313. The molecule has 0 saturated carbocycles. The highest BCUT2D eigenvalue weighted by Crippen LogP contribution is 2.21. The van der Waals surface area contributed by atoms with Crippen LogP contribution in [0.5, 0.6) is 0 Å². The topological polar surface area (TPSA) is 9.23 Å². The maximum Gasteiger partial charge on any atom is 0.0726 e. The lowest BCUT2D eigenvalue weighted by molar-refractivity contribution is -0.0151. The van der Waals surface area contributed by atoms with E-state index in [-0.39, 0.29) is 5.60 Å². The van der Waals surface area contributed by atoms with Crippen LogP contribution in [0.2, 0.25) is 0 Å². The molecule has 0 amide bonds. The Hall–Kier alpha value is -0.340. The summed E-state index contributed by atoms with van der Waals surface area (Å²) in [6, 6.07) is 6.19. The Morgan fingerprint density at radius 2 is 1.93 bits per heavy atom. The molecule has 1 rings (SSSR count). The first-order chi connectivity index (χ1) is 6.40. The number of ether oxygens (including phenoxy) is 1. The van der Waals surface area contributed by atoms with E-state index in [9.17, 15) is 0 Å². The Morgan fingerprint density at radius 3 is 2.50 bits per heavy atom. The van der Waals surface area contributed by atoms with E-state index in [0.29, 0.717) is 6.61 Å². The molecule has 0 spiro atoms. The van der Waals surface area contributed by atoms with E-state index in [4.69, 9.17) is 4.74 Å². The minimum absolute atomic E-state index is 0.0746. The lowest BCUT2D eigenvalue weighted by atomic mass is 10.1. The zero-order valence-corrected chi connectivity index (χ0v) is 10.8. The van der Waals surface area contributed by atoms with Crippen LogP contribution in [0.1, 0.15) is 31.9 Å². The van der Waals surface area contributed by atoms with E-state index < -0.39 is 0 Å². The third-order valence-corrected chi connectivity index (χ3v) is 2.90. The van der Waals surface area contributed by atoms with Gasteiger partial charge in [-0.25, -0.2) is 0 Å². The Morgan fingerprint density at radius 1 is 1.29 bits per heavy atom. The molecule has 0 saturated heterocycles. The molecule has 1 aromatic rings. The molecule has 1 aromatic carbocycles. The van der Waals surface area contributed by atoms with Gasteiger partial charge in [-0.15, -0.1) is 0 Å². The second-order valence-corrected chi connectivity index (χ2v) is 5.28. The fraction of sp³-hybridized carbons (Fsp3) is 0.500. The summed E-state index contributed by atoms with van der Waals surface area (Å²) in [4.78, 5) is 0. The van der Waals surface area contributed by atoms with Crippen molar-refractivity contribution >= 4 is 15.9 Å². The van der Waals surface area contributed by atoms with Gasteiger partial charge in [0, 0.05) is 4.47 Å². The van der Waals surface area contributed by atoms with Crippen LogP contribution in [0.3, 0.4) is 0 Å². The van der Waals surface area contributed by atoms with Crippen molar-refractivity contribution in [1.82, 2.24) is 0 Å². The summed E-state index contributed by atoms with van der Waals surface area (Å²) in [5, 5.41) is 0. The molecule has 78 valence electrons. The minimum Gasteiger partial charge on any atom is -0.371 e. The van der Waals surface area contributed by atoms with Crippen molar-refractivity contribution in [3.63, 3.8) is 0 Å². The van der Waals surface area contributed by atoms with Crippen molar-refractivity contribution in [2.75, 3.05) is 0 Å². The molecular weight excluding hydrogens is 240 g/mol. The number of hydrogen-bond donors (Lipinski definition) is 0. The van der Waals surface area contributed by atoms with Gasteiger partial charge in [-0.3, -0.25) is 0 Å². The highest BCUT2D eigenvalue weighted by Gasteiger charge is 2.11. The lowest BCUT2D eigenvalue weighted by Gasteiger charge is -2.20. The van der Waals surface area contributed by atoms with E-state index in [1.165, 1.54) is 11.1 Å². The van der Waals surface area contributed by atoms with Crippen LogP contribution in [-0.4, -0.2) is 5.60 Å². The van der Waals surface area contributed by atoms with E-state index in [0.717, 1.165) is 4.47 Å². The zero-order chi connectivity index (χ0) is 10.8. The molecule has 14 heavy (non-hydrogen) atoms. The minimum atomic E-state index is -0.0746. The summed E-state index contributed by atoms with van der Waals surface area (Å²) in [6.07, 6.45) is 0. The molecule has 0 aliphatic carbocycles. The third-order valence-electron chi connectivity index (χ3n) is 2.04. The van der Waals surface area contributed by atoms with E-state index >= 15 is 0 Å².